The van der Waals surface area contributed by atoms with Crippen LogP contribution in [0.5, 0.6) is 5.75 Å². The molecule has 1 atom stereocenters. The zero-order valence-electron chi connectivity index (χ0n) is 11.9. The highest BCUT2D eigenvalue weighted by atomic mass is 16.5. The minimum Gasteiger partial charge on any atom is -0.488 e. The van der Waals surface area contributed by atoms with E-state index in [1.807, 2.05) is 0 Å². The molecule has 1 fully saturated rings. The summed E-state index contributed by atoms with van der Waals surface area (Å²) in [5.41, 5.74) is 2.88. The molecule has 0 aromatic heterocycles. The van der Waals surface area contributed by atoms with Crippen molar-refractivity contribution in [3.05, 3.63) is 29.3 Å². The standard InChI is InChI=1S/C16H23NO2/c1-12-3-4-15-13(9-12)10-14(19-15)11-17-16(2)5-7-18-8-6-16/h3-4,9,14,17H,5-8,10-11H2,1-2H3. The van der Waals surface area contributed by atoms with Crippen molar-refractivity contribution >= 4 is 0 Å². The number of nitrogens with one attached hydrogen (secondary N) is 1. The molecular formula is C16H23NO2. The lowest BCUT2D eigenvalue weighted by molar-refractivity contribution is 0.0413. The Balaban J connectivity index is 1.55. The van der Waals surface area contributed by atoms with Gasteiger partial charge in [0.2, 0.25) is 0 Å². The van der Waals surface area contributed by atoms with Gasteiger partial charge >= 0.3 is 0 Å². The van der Waals surface area contributed by atoms with Crippen LogP contribution in [0.3, 0.4) is 0 Å². The Morgan fingerprint density at radius 1 is 1.32 bits per heavy atom. The third-order valence-electron chi connectivity index (χ3n) is 4.31. The topological polar surface area (TPSA) is 30.5 Å². The van der Waals surface area contributed by atoms with Gasteiger partial charge in [0.05, 0.1) is 0 Å². The molecule has 0 aliphatic carbocycles. The summed E-state index contributed by atoms with van der Waals surface area (Å²) in [7, 11) is 0. The molecule has 3 rings (SSSR count). The number of hydrogen-bond donors (Lipinski definition) is 1. The lowest BCUT2D eigenvalue weighted by Gasteiger charge is -2.35. The van der Waals surface area contributed by atoms with E-state index in [2.05, 4.69) is 37.4 Å². The molecule has 1 aromatic carbocycles. The van der Waals surface area contributed by atoms with Crippen LogP contribution in [0.15, 0.2) is 18.2 Å². The molecule has 1 saturated heterocycles. The summed E-state index contributed by atoms with van der Waals surface area (Å²) >= 11 is 0. The van der Waals surface area contributed by atoms with Crippen LogP contribution in [-0.4, -0.2) is 31.4 Å². The normalized spacial score (nSPS) is 24.8. The van der Waals surface area contributed by atoms with Crippen LogP contribution in [0, 0.1) is 6.92 Å². The van der Waals surface area contributed by atoms with Gasteiger partial charge in [-0.15, -0.1) is 0 Å². The highest BCUT2D eigenvalue weighted by Gasteiger charge is 2.29. The third-order valence-corrected chi connectivity index (χ3v) is 4.31. The molecule has 2 heterocycles. The Labute approximate surface area is 115 Å². The first-order valence-electron chi connectivity index (χ1n) is 7.24. The maximum Gasteiger partial charge on any atom is 0.123 e. The average molecular weight is 261 g/mol. The first kappa shape index (κ1) is 12.9. The highest BCUT2D eigenvalue weighted by Crippen LogP contribution is 2.29. The summed E-state index contributed by atoms with van der Waals surface area (Å²) in [6.45, 7) is 7.09. The van der Waals surface area contributed by atoms with Crippen molar-refractivity contribution in [1.82, 2.24) is 5.32 Å². The van der Waals surface area contributed by atoms with Crippen molar-refractivity contribution in [3.63, 3.8) is 0 Å². The van der Waals surface area contributed by atoms with Crippen molar-refractivity contribution in [1.29, 1.82) is 0 Å². The molecule has 104 valence electrons. The molecule has 1 unspecified atom stereocenters. The van der Waals surface area contributed by atoms with Gasteiger partial charge in [0, 0.05) is 31.7 Å². The average Bonchev–Trinajstić information content (AvgIpc) is 2.79. The van der Waals surface area contributed by atoms with Gasteiger partial charge in [0.1, 0.15) is 11.9 Å². The lowest BCUT2D eigenvalue weighted by atomic mass is 9.92. The van der Waals surface area contributed by atoms with Gasteiger partial charge in [-0.3, -0.25) is 0 Å². The van der Waals surface area contributed by atoms with Crippen LogP contribution in [-0.2, 0) is 11.2 Å². The predicted octanol–water partition coefficient (Wildman–Crippen LogP) is 2.46. The molecule has 1 N–H and O–H groups in total. The van der Waals surface area contributed by atoms with E-state index in [1.54, 1.807) is 0 Å². The van der Waals surface area contributed by atoms with Gasteiger partial charge in [-0.25, -0.2) is 0 Å². The molecule has 1 aromatic rings. The number of benzene rings is 1. The van der Waals surface area contributed by atoms with Crippen molar-refractivity contribution in [2.45, 2.75) is 44.8 Å². The van der Waals surface area contributed by atoms with Crippen LogP contribution >= 0.6 is 0 Å². The summed E-state index contributed by atoms with van der Waals surface area (Å²) in [4.78, 5) is 0. The Morgan fingerprint density at radius 2 is 2.11 bits per heavy atom. The maximum absolute atomic E-state index is 6.00. The van der Waals surface area contributed by atoms with Gasteiger partial charge in [-0.05, 0) is 38.3 Å². The molecule has 2 aliphatic rings. The Morgan fingerprint density at radius 3 is 2.89 bits per heavy atom. The molecule has 3 heteroatoms. The number of fused-ring (bicyclic) bond motifs is 1. The summed E-state index contributed by atoms with van der Waals surface area (Å²) in [5, 5.41) is 3.68. The fourth-order valence-electron chi connectivity index (χ4n) is 2.92. The highest BCUT2D eigenvalue weighted by molar-refractivity contribution is 5.40. The number of aryl methyl sites for hydroxylation is 1. The van der Waals surface area contributed by atoms with Crippen molar-refractivity contribution in [2.24, 2.45) is 0 Å². The third kappa shape index (κ3) is 2.93. The molecule has 3 nitrogen and oxygen atoms in total. The largest absolute Gasteiger partial charge is 0.488 e. The van der Waals surface area contributed by atoms with Crippen LogP contribution in [0.25, 0.3) is 0 Å². The zero-order valence-corrected chi connectivity index (χ0v) is 11.9. The summed E-state index contributed by atoms with van der Waals surface area (Å²) in [5.74, 6) is 1.06. The smallest absolute Gasteiger partial charge is 0.123 e. The van der Waals surface area contributed by atoms with Gasteiger partial charge in [-0.2, -0.15) is 0 Å². The monoisotopic (exact) mass is 261 g/mol. The van der Waals surface area contributed by atoms with Crippen molar-refractivity contribution in [2.75, 3.05) is 19.8 Å². The first-order chi connectivity index (χ1) is 9.15. The quantitative estimate of drug-likeness (QED) is 0.906. The van der Waals surface area contributed by atoms with E-state index < -0.39 is 0 Å². The fourth-order valence-corrected chi connectivity index (χ4v) is 2.92. The van der Waals surface area contributed by atoms with Crippen LogP contribution in [0.2, 0.25) is 0 Å². The summed E-state index contributed by atoms with van der Waals surface area (Å²) < 4.78 is 11.4. The van der Waals surface area contributed by atoms with Gasteiger partial charge in [-0.1, -0.05) is 17.7 Å². The second-order valence-electron chi connectivity index (χ2n) is 6.11. The molecular weight excluding hydrogens is 238 g/mol. The van der Waals surface area contributed by atoms with Crippen LogP contribution < -0.4 is 10.1 Å². The zero-order chi connectivity index (χ0) is 13.3. The van der Waals surface area contributed by atoms with Gasteiger partial charge < -0.3 is 14.8 Å². The fraction of sp³-hybridized carbons (Fsp3) is 0.625. The maximum atomic E-state index is 6.00. The first-order valence-corrected chi connectivity index (χ1v) is 7.24. The van der Waals surface area contributed by atoms with E-state index in [0.717, 1.165) is 44.8 Å². The number of ether oxygens (including phenoxy) is 2. The second-order valence-corrected chi connectivity index (χ2v) is 6.11. The van der Waals surface area contributed by atoms with Gasteiger partial charge in [0.15, 0.2) is 0 Å². The second kappa shape index (κ2) is 5.14. The molecule has 19 heavy (non-hydrogen) atoms. The minimum atomic E-state index is 0.215. The molecule has 0 spiro atoms. The lowest BCUT2D eigenvalue weighted by Crippen LogP contribution is -2.50. The molecule has 2 aliphatic heterocycles. The van der Waals surface area contributed by atoms with Crippen molar-refractivity contribution < 1.29 is 9.47 Å². The van der Waals surface area contributed by atoms with E-state index in [-0.39, 0.29) is 11.6 Å². The van der Waals surface area contributed by atoms with E-state index in [1.165, 1.54) is 11.1 Å². The Bertz CT molecular complexity index is 452. The predicted molar refractivity (Wildman–Crippen MR) is 75.8 cm³/mol. The van der Waals surface area contributed by atoms with Crippen LogP contribution in [0.1, 0.15) is 30.9 Å². The minimum absolute atomic E-state index is 0.215. The number of rotatable bonds is 3. The Kier molecular flexibility index (Phi) is 3.50. The summed E-state index contributed by atoms with van der Waals surface area (Å²) in [6.07, 6.45) is 3.48. The van der Waals surface area contributed by atoms with E-state index in [0.29, 0.717) is 0 Å². The summed E-state index contributed by atoms with van der Waals surface area (Å²) in [6, 6.07) is 6.46. The van der Waals surface area contributed by atoms with Crippen LogP contribution in [0.4, 0.5) is 0 Å². The van der Waals surface area contributed by atoms with Crippen molar-refractivity contribution in [3.8, 4) is 5.75 Å². The SMILES string of the molecule is Cc1ccc2c(c1)CC(CNC1(C)CCOCC1)O2. The van der Waals surface area contributed by atoms with E-state index in [9.17, 15) is 0 Å². The van der Waals surface area contributed by atoms with Gasteiger partial charge in [0.25, 0.3) is 0 Å². The van der Waals surface area contributed by atoms with E-state index >= 15 is 0 Å². The molecule has 0 radical (unpaired) electrons. The molecule has 0 saturated carbocycles. The molecule has 0 amide bonds. The Hall–Kier alpha value is -1.06. The molecule has 0 bridgehead atoms. The number of hydrogen-bond acceptors (Lipinski definition) is 3. The van der Waals surface area contributed by atoms with E-state index in [4.69, 9.17) is 9.47 Å².